The van der Waals surface area contributed by atoms with Crippen LogP contribution >= 0.6 is 0 Å². The van der Waals surface area contributed by atoms with Crippen molar-refractivity contribution < 1.29 is 5.11 Å². The summed E-state index contributed by atoms with van der Waals surface area (Å²) < 4.78 is 0. The molecule has 0 saturated heterocycles. The van der Waals surface area contributed by atoms with Crippen molar-refractivity contribution in [2.24, 2.45) is 4.99 Å². The zero-order valence-electron chi connectivity index (χ0n) is 17.4. The third kappa shape index (κ3) is 3.25. The monoisotopic (exact) mass is 412 g/mol. The van der Waals surface area contributed by atoms with E-state index in [1.807, 2.05) is 54.6 Å². The summed E-state index contributed by atoms with van der Waals surface area (Å²) in [4.78, 5) is 9.71. The quantitative estimate of drug-likeness (QED) is 0.348. The highest BCUT2D eigenvalue weighted by molar-refractivity contribution is 6.07. The Morgan fingerprint density at radius 3 is 2.22 bits per heavy atom. The minimum absolute atomic E-state index is 0.236. The molecule has 152 valence electrons. The van der Waals surface area contributed by atoms with Crippen molar-refractivity contribution >= 4 is 22.2 Å². The minimum atomic E-state index is 0.236. The lowest BCUT2D eigenvalue weighted by molar-refractivity contribution is 0.478. The first-order valence-electron chi connectivity index (χ1n) is 10.7. The number of phenols is 1. The van der Waals surface area contributed by atoms with Gasteiger partial charge in [-0.3, -0.25) is 4.99 Å². The van der Waals surface area contributed by atoms with Gasteiger partial charge in [0.2, 0.25) is 0 Å². The second-order valence-corrected chi connectivity index (χ2v) is 8.07. The predicted octanol–water partition coefficient (Wildman–Crippen LogP) is 6.95. The Labute approximate surface area is 186 Å². The smallest absolute Gasteiger partial charge is 0.125 e. The van der Waals surface area contributed by atoms with Crippen molar-refractivity contribution in [3.8, 4) is 28.3 Å². The summed E-state index contributed by atoms with van der Waals surface area (Å²) in [7, 11) is 0. The molecule has 4 aromatic carbocycles. The summed E-state index contributed by atoms with van der Waals surface area (Å²) in [5, 5.41) is 12.7. The second-order valence-electron chi connectivity index (χ2n) is 8.07. The van der Waals surface area contributed by atoms with Crippen LogP contribution in [0.15, 0.2) is 108 Å². The highest BCUT2D eigenvalue weighted by Gasteiger charge is 2.16. The number of pyridine rings is 1. The van der Waals surface area contributed by atoms with Crippen LogP contribution in [0.2, 0.25) is 0 Å². The summed E-state index contributed by atoms with van der Waals surface area (Å²) in [5.74, 6) is 0.236. The Hall–Kier alpha value is -4.24. The Bertz CT molecular complexity index is 1520. The van der Waals surface area contributed by atoms with Crippen LogP contribution in [-0.2, 0) is 6.42 Å². The van der Waals surface area contributed by atoms with Gasteiger partial charge in [-0.15, -0.1) is 0 Å². The second kappa shape index (κ2) is 7.47. The van der Waals surface area contributed by atoms with Gasteiger partial charge in [0.05, 0.1) is 22.8 Å². The van der Waals surface area contributed by atoms with Crippen LogP contribution in [0.3, 0.4) is 0 Å². The number of aromatic hydroxyl groups is 1. The Kier molecular flexibility index (Phi) is 4.32. The SMILES string of the molecule is Oc1cc2ccccc2cc1-c1cccc(-c2cccc(C3=Nc4ccccc4C3)c2)n1. The molecule has 0 radical (unpaired) electrons. The summed E-state index contributed by atoms with van der Waals surface area (Å²) in [6.07, 6.45) is 0.845. The van der Waals surface area contributed by atoms with Gasteiger partial charge in [-0.1, -0.05) is 66.7 Å². The molecular formula is C29H20N2O. The molecule has 1 N–H and O–H groups in total. The number of aliphatic imine (C=N–C) groups is 1. The molecule has 0 unspecified atom stereocenters. The zero-order valence-corrected chi connectivity index (χ0v) is 17.4. The topological polar surface area (TPSA) is 45.5 Å². The largest absolute Gasteiger partial charge is 0.507 e. The minimum Gasteiger partial charge on any atom is -0.507 e. The third-order valence-corrected chi connectivity index (χ3v) is 5.99. The van der Waals surface area contributed by atoms with Crippen molar-refractivity contribution in [3.05, 3.63) is 114 Å². The molecule has 0 fully saturated rings. The van der Waals surface area contributed by atoms with E-state index in [2.05, 4.69) is 42.5 Å². The number of phenolic OH excluding ortho intramolecular Hbond substituents is 1. The number of rotatable bonds is 3. The van der Waals surface area contributed by atoms with E-state index in [4.69, 9.17) is 9.98 Å². The van der Waals surface area contributed by atoms with Crippen LogP contribution < -0.4 is 0 Å². The van der Waals surface area contributed by atoms with Crippen LogP contribution in [0.5, 0.6) is 5.75 Å². The number of hydrogen-bond donors (Lipinski definition) is 1. The van der Waals surface area contributed by atoms with E-state index in [0.717, 1.165) is 56.7 Å². The van der Waals surface area contributed by atoms with E-state index in [1.165, 1.54) is 5.56 Å². The van der Waals surface area contributed by atoms with Crippen molar-refractivity contribution in [1.82, 2.24) is 4.98 Å². The van der Waals surface area contributed by atoms with Gasteiger partial charge in [0.15, 0.2) is 0 Å². The maximum Gasteiger partial charge on any atom is 0.125 e. The molecule has 0 atom stereocenters. The van der Waals surface area contributed by atoms with Crippen molar-refractivity contribution in [1.29, 1.82) is 0 Å². The first kappa shape index (κ1) is 18.5. The molecule has 3 nitrogen and oxygen atoms in total. The highest BCUT2D eigenvalue weighted by Crippen LogP contribution is 2.34. The normalized spacial score (nSPS) is 12.6. The molecule has 3 heteroatoms. The van der Waals surface area contributed by atoms with Crippen LogP contribution in [0.25, 0.3) is 33.3 Å². The Morgan fingerprint density at radius 2 is 1.34 bits per heavy atom. The van der Waals surface area contributed by atoms with Gasteiger partial charge in [-0.25, -0.2) is 4.98 Å². The van der Waals surface area contributed by atoms with Crippen LogP contribution in [-0.4, -0.2) is 15.8 Å². The maximum atomic E-state index is 10.6. The Morgan fingerprint density at radius 1 is 0.625 bits per heavy atom. The van der Waals surface area contributed by atoms with Crippen LogP contribution in [0.4, 0.5) is 5.69 Å². The molecule has 0 bridgehead atoms. The summed E-state index contributed by atoms with van der Waals surface area (Å²) in [6.45, 7) is 0. The van der Waals surface area contributed by atoms with Gasteiger partial charge in [0.25, 0.3) is 0 Å². The van der Waals surface area contributed by atoms with Gasteiger partial charge in [-0.2, -0.15) is 0 Å². The number of benzene rings is 4. The average Bonchev–Trinajstić information content (AvgIpc) is 3.28. The highest BCUT2D eigenvalue weighted by atomic mass is 16.3. The molecule has 6 rings (SSSR count). The molecule has 32 heavy (non-hydrogen) atoms. The number of aromatic nitrogens is 1. The van der Waals surface area contributed by atoms with Gasteiger partial charge in [0, 0.05) is 17.5 Å². The molecule has 1 aromatic heterocycles. The lowest BCUT2D eigenvalue weighted by atomic mass is 10.00. The predicted molar refractivity (Wildman–Crippen MR) is 131 cm³/mol. The van der Waals surface area contributed by atoms with Gasteiger partial charge in [-0.05, 0) is 58.3 Å². The summed E-state index contributed by atoms with van der Waals surface area (Å²) >= 11 is 0. The van der Waals surface area contributed by atoms with Crippen LogP contribution in [0.1, 0.15) is 11.1 Å². The molecule has 2 heterocycles. The lowest BCUT2D eigenvalue weighted by Crippen LogP contribution is -2.00. The number of fused-ring (bicyclic) bond motifs is 2. The third-order valence-electron chi connectivity index (χ3n) is 5.99. The number of para-hydroxylation sites is 1. The number of nitrogens with zero attached hydrogens (tertiary/aromatic N) is 2. The van der Waals surface area contributed by atoms with E-state index in [1.54, 1.807) is 6.07 Å². The molecule has 0 amide bonds. The van der Waals surface area contributed by atoms with E-state index in [9.17, 15) is 5.11 Å². The van der Waals surface area contributed by atoms with Gasteiger partial charge >= 0.3 is 0 Å². The molecule has 5 aromatic rings. The fraction of sp³-hybridized carbons (Fsp3) is 0.0345. The van der Waals surface area contributed by atoms with E-state index >= 15 is 0 Å². The van der Waals surface area contributed by atoms with E-state index < -0.39 is 0 Å². The number of hydrogen-bond acceptors (Lipinski definition) is 3. The standard InChI is InChI=1S/C29H20N2O/c32-29-18-20-8-2-1-7-19(20)16-24(29)27-14-6-13-26(30-27)21-10-5-11-22(15-21)28-17-23-9-3-4-12-25(23)31-28/h1-16,18,32H,17H2. The fourth-order valence-corrected chi connectivity index (χ4v) is 4.34. The molecule has 1 aliphatic heterocycles. The van der Waals surface area contributed by atoms with Crippen molar-refractivity contribution in [2.45, 2.75) is 6.42 Å². The van der Waals surface area contributed by atoms with E-state index in [-0.39, 0.29) is 5.75 Å². The lowest BCUT2D eigenvalue weighted by Gasteiger charge is -2.10. The van der Waals surface area contributed by atoms with E-state index in [0.29, 0.717) is 0 Å². The first-order chi connectivity index (χ1) is 15.7. The molecule has 0 aliphatic carbocycles. The first-order valence-corrected chi connectivity index (χ1v) is 10.7. The molecule has 0 spiro atoms. The summed E-state index contributed by atoms with van der Waals surface area (Å²) in [6, 6.07) is 34.4. The van der Waals surface area contributed by atoms with Gasteiger partial charge < -0.3 is 5.11 Å². The molecule has 1 aliphatic rings. The van der Waals surface area contributed by atoms with Crippen molar-refractivity contribution in [2.75, 3.05) is 0 Å². The van der Waals surface area contributed by atoms with Crippen LogP contribution in [0, 0.1) is 0 Å². The molecule has 0 saturated carbocycles. The van der Waals surface area contributed by atoms with Gasteiger partial charge in [0.1, 0.15) is 5.75 Å². The Balaban J connectivity index is 1.38. The fourth-order valence-electron chi connectivity index (χ4n) is 4.34. The zero-order chi connectivity index (χ0) is 21.5. The maximum absolute atomic E-state index is 10.6. The molecular weight excluding hydrogens is 392 g/mol. The summed E-state index contributed by atoms with van der Waals surface area (Å²) in [5.41, 5.74) is 7.89. The van der Waals surface area contributed by atoms with Crippen molar-refractivity contribution in [3.63, 3.8) is 0 Å². The average molecular weight is 412 g/mol.